The normalized spacial score (nSPS) is 26.8. The molecule has 2 aliphatic carbocycles. The molecule has 1 aliphatic heterocycles. The van der Waals surface area contributed by atoms with E-state index in [2.05, 4.69) is 18.0 Å². The zero-order valence-corrected chi connectivity index (χ0v) is 19.8. The maximum atomic E-state index is 10.8. The molecule has 2 heterocycles. The van der Waals surface area contributed by atoms with Crippen molar-refractivity contribution in [3.63, 3.8) is 0 Å². The van der Waals surface area contributed by atoms with Crippen molar-refractivity contribution >= 4 is 5.97 Å². The van der Waals surface area contributed by atoms with Crippen LogP contribution >= 0.6 is 0 Å². The van der Waals surface area contributed by atoms with E-state index >= 15 is 0 Å². The minimum atomic E-state index is -0.720. The van der Waals surface area contributed by atoms with Gasteiger partial charge in [0.1, 0.15) is 5.75 Å². The molecule has 1 spiro atoms. The van der Waals surface area contributed by atoms with Crippen LogP contribution in [-0.4, -0.2) is 35.4 Å². The highest BCUT2D eigenvalue weighted by Crippen LogP contribution is 2.52. The highest BCUT2D eigenvalue weighted by molar-refractivity contribution is 5.66. The molecule has 4 rings (SSSR count). The van der Waals surface area contributed by atoms with Gasteiger partial charge in [0, 0.05) is 19.2 Å². The van der Waals surface area contributed by atoms with Crippen molar-refractivity contribution in [1.29, 1.82) is 0 Å². The first-order valence-corrected chi connectivity index (χ1v) is 12.9. The van der Waals surface area contributed by atoms with Crippen LogP contribution in [0.5, 0.6) is 5.75 Å². The van der Waals surface area contributed by atoms with Gasteiger partial charge in [-0.3, -0.25) is 9.78 Å². The molecule has 3 fully saturated rings. The number of pyridine rings is 1. The summed E-state index contributed by atoms with van der Waals surface area (Å²) in [6.45, 7) is 3.90. The van der Waals surface area contributed by atoms with Crippen molar-refractivity contribution in [3.05, 3.63) is 24.0 Å². The van der Waals surface area contributed by atoms with Gasteiger partial charge in [-0.05, 0) is 105 Å². The number of carboxylic acid groups (broad SMARTS) is 1. The molecule has 5 nitrogen and oxygen atoms in total. The molecule has 2 unspecified atom stereocenters. The Kier molecular flexibility index (Phi) is 8.09. The largest absolute Gasteiger partial charge is 0.492 e. The lowest BCUT2D eigenvalue weighted by Gasteiger charge is -2.47. The summed E-state index contributed by atoms with van der Waals surface area (Å²) in [4.78, 5) is 15.3. The molecule has 0 bridgehead atoms. The summed E-state index contributed by atoms with van der Waals surface area (Å²) in [6, 6.07) is 2.19. The number of ether oxygens (including phenoxy) is 2. The van der Waals surface area contributed by atoms with Gasteiger partial charge < -0.3 is 14.6 Å². The van der Waals surface area contributed by atoms with Gasteiger partial charge in [-0.1, -0.05) is 13.3 Å². The van der Waals surface area contributed by atoms with Crippen LogP contribution in [0.2, 0.25) is 0 Å². The first-order valence-electron chi connectivity index (χ1n) is 12.9. The molecule has 3 aliphatic rings. The minimum absolute atomic E-state index is 0.168. The summed E-state index contributed by atoms with van der Waals surface area (Å²) in [5, 5.41) is 8.92. The van der Waals surface area contributed by atoms with Crippen molar-refractivity contribution in [2.75, 3.05) is 13.2 Å². The zero-order valence-electron chi connectivity index (χ0n) is 19.8. The summed E-state index contributed by atoms with van der Waals surface area (Å²) >= 11 is 0. The average Bonchev–Trinajstić information content (AvgIpc) is 3.02. The third kappa shape index (κ3) is 6.24. The molecule has 0 radical (unpaired) electrons. The molecule has 5 heteroatoms. The predicted molar refractivity (Wildman–Crippen MR) is 125 cm³/mol. The summed E-state index contributed by atoms with van der Waals surface area (Å²) in [6.07, 6.45) is 18.7. The Bertz CT molecular complexity index is 737. The van der Waals surface area contributed by atoms with Gasteiger partial charge in [0.25, 0.3) is 0 Å². The molecule has 32 heavy (non-hydrogen) atoms. The van der Waals surface area contributed by atoms with Crippen LogP contribution in [-0.2, 0) is 9.53 Å². The monoisotopic (exact) mass is 443 g/mol. The van der Waals surface area contributed by atoms with E-state index in [1.54, 1.807) is 0 Å². The van der Waals surface area contributed by atoms with E-state index in [0.717, 1.165) is 44.6 Å². The van der Waals surface area contributed by atoms with Gasteiger partial charge in [0.15, 0.2) is 0 Å². The van der Waals surface area contributed by atoms with E-state index in [1.165, 1.54) is 50.5 Å². The van der Waals surface area contributed by atoms with Crippen molar-refractivity contribution < 1.29 is 19.4 Å². The highest BCUT2D eigenvalue weighted by atomic mass is 16.5. The topological polar surface area (TPSA) is 68.7 Å². The number of nitrogens with zero attached hydrogens (tertiary/aromatic N) is 1. The molecule has 0 amide bonds. The third-order valence-electron chi connectivity index (χ3n) is 8.59. The molecule has 3 atom stereocenters. The van der Waals surface area contributed by atoms with Crippen LogP contribution in [0.1, 0.15) is 102 Å². The summed E-state index contributed by atoms with van der Waals surface area (Å²) in [5.41, 5.74) is 1.96. The van der Waals surface area contributed by atoms with Crippen LogP contribution in [0, 0.1) is 17.3 Å². The van der Waals surface area contributed by atoms with E-state index < -0.39 is 5.97 Å². The van der Waals surface area contributed by atoms with Crippen LogP contribution in [0.3, 0.4) is 0 Å². The maximum Gasteiger partial charge on any atom is 0.303 e. The average molecular weight is 444 g/mol. The number of aliphatic carboxylic acids is 1. The second kappa shape index (κ2) is 11.0. The Balaban J connectivity index is 1.28. The molecule has 2 saturated carbocycles. The Labute approximate surface area is 193 Å². The summed E-state index contributed by atoms with van der Waals surface area (Å²) < 4.78 is 12.2. The zero-order chi connectivity index (χ0) is 22.4. The van der Waals surface area contributed by atoms with E-state index in [0.29, 0.717) is 29.6 Å². The Morgan fingerprint density at radius 2 is 2.03 bits per heavy atom. The van der Waals surface area contributed by atoms with Crippen LogP contribution in [0.4, 0.5) is 0 Å². The van der Waals surface area contributed by atoms with Crippen LogP contribution in [0.25, 0.3) is 0 Å². The van der Waals surface area contributed by atoms with E-state index in [-0.39, 0.29) is 12.5 Å². The number of hydrogen-bond donors (Lipinski definition) is 1. The van der Waals surface area contributed by atoms with Gasteiger partial charge in [-0.2, -0.15) is 0 Å². The standard InChI is InChI=1S/C27H41NO4/c1-20(22-5-3-14-31-24(15-22)6-2-7-26(29)30)23-16-25(18-28-17-23)32-19-21-8-12-27(13-9-21)10-4-11-27/h16-18,20-22,24H,2-15,19H2,1H3,(H,29,30)/t20?,22?,24-/m0/s1. The second-order valence-electron chi connectivity index (χ2n) is 10.8. The van der Waals surface area contributed by atoms with Gasteiger partial charge in [0.05, 0.1) is 18.9 Å². The third-order valence-corrected chi connectivity index (χ3v) is 8.59. The minimum Gasteiger partial charge on any atom is -0.492 e. The van der Waals surface area contributed by atoms with Gasteiger partial charge in [-0.25, -0.2) is 0 Å². The summed E-state index contributed by atoms with van der Waals surface area (Å²) in [7, 11) is 0. The Morgan fingerprint density at radius 3 is 2.75 bits per heavy atom. The fourth-order valence-electron chi connectivity index (χ4n) is 6.14. The van der Waals surface area contributed by atoms with E-state index in [9.17, 15) is 4.79 Å². The molecule has 178 valence electrons. The van der Waals surface area contributed by atoms with Gasteiger partial charge in [-0.15, -0.1) is 0 Å². The molecular formula is C27H41NO4. The SMILES string of the molecule is CC(c1cncc(OCC2CCC3(CCC3)CC2)c1)C1CCCO[C@@H](CCCC(=O)O)C1. The maximum absolute atomic E-state index is 10.8. The van der Waals surface area contributed by atoms with Crippen molar-refractivity contribution in [3.8, 4) is 5.75 Å². The number of hydrogen-bond acceptors (Lipinski definition) is 4. The van der Waals surface area contributed by atoms with Crippen LogP contribution < -0.4 is 4.74 Å². The number of rotatable bonds is 9. The molecule has 1 saturated heterocycles. The first-order chi connectivity index (χ1) is 15.5. The van der Waals surface area contributed by atoms with Gasteiger partial charge in [0.2, 0.25) is 0 Å². The number of carboxylic acids is 1. The summed E-state index contributed by atoms with van der Waals surface area (Å²) in [5.74, 6) is 1.79. The molecule has 0 aromatic carbocycles. The van der Waals surface area contributed by atoms with Crippen molar-refractivity contribution in [2.45, 2.75) is 102 Å². The van der Waals surface area contributed by atoms with Gasteiger partial charge >= 0.3 is 5.97 Å². The molecular weight excluding hydrogens is 402 g/mol. The molecule has 1 aromatic rings. The second-order valence-corrected chi connectivity index (χ2v) is 10.8. The fourth-order valence-corrected chi connectivity index (χ4v) is 6.14. The lowest BCUT2D eigenvalue weighted by Crippen LogP contribution is -2.35. The number of aromatic nitrogens is 1. The Hall–Kier alpha value is -1.62. The number of carbonyl (C=O) groups is 1. The quantitative estimate of drug-likeness (QED) is 0.480. The lowest BCUT2D eigenvalue weighted by atomic mass is 9.59. The first kappa shape index (κ1) is 23.5. The predicted octanol–water partition coefficient (Wildman–Crippen LogP) is 6.36. The van der Waals surface area contributed by atoms with Crippen molar-refractivity contribution in [1.82, 2.24) is 4.98 Å². The molecule has 1 aromatic heterocycles. The van der Waals surface area contributed by atoms with E-state index in [1.807, 2.05) is 12.4 Å². The Morgan fingerprint density at radius 1 is 1.22 bits per heavy atom. The fraction of sp³-hybridized carbons (Fsp3) is 0.778. The van der Waals surface area contributed by atoms with Crippen LogP contribution in [0.15, 0.2) is 18.5 Å². The van der Waals surface area contributed by atoms with Crippen molar-refractivity contribution in [2.24, 2.45) is 17.3 Å². The highest BCUT2D eigenvalue weighted by Gasteiger charge is 2.40. The lowest BCUT2D eigenvalue weighted by molar-refractivity contribution is -0.137. The van der Waals surface area contributed by atoms with E-state index in [4.69, 9.17) is 14.6 Å². The molecule has 1 N–H and O–H groups in total. The smallest absolute Gasteiger partial charge is 0.303 e.